The Bertz CT molecular complexity index is 504. The summed E-state index contributed by atoms with van der Waals surface area (Å²) in [6.07, 6.45) is 1.11. The molecule has 0 amide bonds. The van der Waals surface area contributed by atoms with Crippen LogP contribution >= 0.6 is 22.9 Å². The second-order valence-corrected chi connectivity index (χ2v) is 5.33. The molecule has 0 bridgehead atoms. The Morgan fingerprint density at radius 1 is 1.20 bits per heavy atom. The lowest BCUT2D eigenvalue weighted by atomic mass is 10.0. The monoisotopic (exact) mass is 235 g/mol. The van der Waals surface area contributed by atoms with Gasteiger partial charge in [-0.05, 0) is 35.7 Å². The highest BCUT2D eigenvalue weighted by Gasteiger charge is 2.15. The summed E-state index contributed by atoms with van der Waals surface area (Å²) in [5.41, 5.74) is 4.03. The van der Waals surface area contributed by atoms with Crippen LogP contribution in [0.3, 0.4) is 0 Å². The van der Waals surface area contributed by atoms with Crippen LogP contribution < -0.4 is 5.32 Å². The maximum atomic E-state index is 5.96. The number of hydrogen-bond donors (Lipinski definition) is 1. The van der Waals surface area contributed by atoms with Crippen LogP contribution in [0.25, 0.3) is 10.4 Å². The van der Waals surface area contributed by atoms with Gasteiger partial charge in [0.05, 0.1) is 4.34 Å². The molecule has 0 saturated carbocycles. The zero-order chi connectivity index (χ0) is 10.3. The van der Waals surface area contributed by atoms with Gasteiger partial charge in [-0.1, -0.05) is 23.7 Å². The van der Waals surface area contributed by atoms with Gasteiger partial charge < -0.3 is 5.32 Å². The molecule has 76 valence electrons. The van der Waals surface area contributed by atoms with E-state index in [1.807, 2.05) is 6.07 Å². The molecule has 0 saturated heterocycles. The smallest absolute Gasteiger partial charge is 0.0934 e. The van der Waals surface area contributed by atoms with Crippen LogP contribution in [0.5, 0.6) is 0 Å². The van der Waals surface area contributed by atoms with E-state index in [-0.39, 0.29) is 0 Å². The predicted molar refractivity (Wildman–Crippen MR) is 67.0 cm³/mol. The van der Waals surface area contributed by atoms with Crippen molar-refractivity contribution in [2.45, 2.75) is 6.42 Å². The van der Waals surface area contributed by atoms with Gasteiger partial charge in [0.15, 0.2) is 0 Å². The van der Waals surface area contributed by atoms with Crippen molar-refractivity contribution in [3.8, 4) is 10.4 Å². The standard InChI is InChI=1S/C12H10ClNS/c13-12-5-4-11(15-12)9-2-1-3-10-8(9)6-7-14-10/h1-5,14H,6-7H2. The zero-order valence-corrected chi connectivity index (χ0v) is 9.66. The fourth-order valence-electron chi connectivity index (χ4n) is 2.03. The zero-order valence-electron chi connectivity index (χ0n) is 8.09. The molecule has 1 aromatic heterocycles. The van der Waals surface area contributed by atoms with Gasteiger partial charge in [-0.25, -0.2) is 0 Å². The first kappa shape index (κ1) is 9.25. The molecule has 3 rings (SSSR count). The van der Waals surface area contributed by atoms with Crippen LogP contribution in [0.4, 0.5) is 5.69 Å². The van der Waals surface area contributed by atoms with Crippen molar-refractivity contribution in [2.24, 2.45) is 0 Å². The number of benzene rings is 1. The maximum Gasteiger partial charge on any atom is 0.0934 e. The van der Waals surface area contributed by atoms with E-state index in [1.165, 1.54) is 21.7 Å². The highest BCUT2D eigenvalue weighted by molar-refractivity contribution is 7.19. The molecular formula is C12H10ClNS. The lowest BCUT2D eigenvalue weighted by molar-refractivity contribution is 1.11. The lowest BCUT2D eigenvalue weighted by Gasteiger charge is -2.04. The molecular weight excluding hydrogens is 226 g/mol. The van der Waals surface area contributed by atoms with Gasteiger partial charge in [0.2, 0.25) is 0 Å². The highest BCUT2D eigenvalue weighted by atomic mass is 35.5. The number of halogens is 1. The summed E-state index contributed by atoms with van der Waals surface area (Å²) in [6, 6.07) is 10.5. The van der Waals surface area contributed by atoms with Crippen LogP contribution in [0, 0.1) is 0 Å². The third-order valence-electron chi connectivity index (χ3n) is 2.71. The lowest BCUT2D eigenvalue weighted by Crippen LogP contribution is -1.90. The molecule has 2 aromatic rings. The average Bonchev–Trinajstić information content (AvgIpc) is 2.84. The first-order chi connectivity index (χ1) is 7.34. The van der Waals surface area contributed by atoms with Crippen LogP contribution in [-0.4, -0.2) is 6.54 Å². The van der Waals surface area contributed by atoms with E-state index in [0.29, 0.717) is 0 Å². The Hall–Kier alpha value is -0.990. The molecule has 1 nitrogen and oxygen atoms in total. The van der Waals surface area contributed by atoms with Crippen molar-refractivity contribution in [1.29, 1.82) is 0 Å². The number of rotatable bonds is 1. The molecule has 0 unspecified atom stereocenters. The maximum absolute atomic E-state index is 5.96. The summed E-state index contributed by atoms with van der Waals surface area (Å²) in [4.78, 5) is 1.26. The minimum absolute atomic E-state index is 0.855. The Kier molecular flexibility index (Phi) is 2.19. The summed E-state index contributed by atoms with van der Waals surface area (Å²) in [6.45, 7) is 1.05. The third kappa shape index (κ3) is 1.54. The van der Waals surface area contributed by atoms with Crippen molar-refractivity contribution in [3.05, 3.63) is 40.2 Å². The first-order valence-corrected chi connectivity index (χ1v) is 6.15. The van der Waals surface area contributed by atoms with Gasteiger partial charge in [0.25, 0.3) is 0 Å². The van der Waals surface area contributed by atoms with Crippen molar-refractivity contribution in [2.75, 3.05) is 11.9 Å². The predicted octanol–water partition coefficient (Wildman–Crippen LogP) is 4.04. The highest BCUT2D eigenvalue weighted by Crippen LogP contribution is 2.37. The molecule has 0 fully saturated rings. The molecule has 1 N–H and O–H groups in total. The van der Waals surface area contributed by atoms with Crippen LogP contribution in [0.2, 0.25) is 4.34 Å². The van der Waals surface area contributed by atoms with Gasteiger partial charge in [-0.3, -0.25) is 0 Å². The van der Waals surface area contributed by atoms with E-state index in [1.54, 1.807) is 11.3 Å². The molecule has 0 radical (unpaired) electrons. The van der Waals surface area contributed by atoms with E-state index < -0.39 is 0 Å². The van der Waals surface area contributed by atoms with Crippen LogP contribution in [0.15, 0.2) is 30.3 Å². The summed E-state index contributed by atoms with van der Waals surface area (Å²) in [7, 11) is 0. The van der Waals surface area contributed by atoms with Gasteiger partial charge in [-0.2, -0.15) is 0 Å². The van der Waals surface area contributed by atoms with E-state index in [0.717, 1.165) is 17.3 Å². The number of nitrogens with one attached hydrogen (secondary N) is 1. The van der Waals surface area contributed by atoms with E-state index >= 15 is 0 Å². The second-order valence-electron chi connectivity index (χ2n) is 3.61. The molecule has 1 aromatic carbocycles. The first-order valence-electron chi connectivity index (χ1n) is 4.96. The van der Waals surface area contributed by atoms with Crippen molar-refractivity contribution in [3.63, 3.8) is 0 Å². The summed E-state index contributed by atoms with van der Waals surface area (Å²) in [5.74, 6) is 0. The second kappa shape index (κ2) is 3.54. The Morgan fingerprint density at radius 2 is 2.13 bits per heavy atom. The Morgan fingerprint density at radius 3 is 2.93 bits per heavy atom. The van der Waals surface area contributed by atoms with Crippen molar-refractivity contribution in [1.82, 2.24) is 0 Å². The topological polar surface area (TPSA) is 12.0 Å². The quantitative estimate of drug-likeness (QED) is 0.787. The van der Waals surface area contributed by atoms with Gasteiger partial charge in [0, 0.05) is 17.1 Å². The molecule has 1 aliphatic rings. The van der Waals surface area contributed by atoms with E-state index in [4.69, 9.17) is 11.6 Å². The van der Waals surface area contributed by atoms with E-state index in [9.17, 15) is 0 Å². The molecule has 0 spiro atoms. The minimum atomic E-state index is 0.855. The van der Waals surface area contributed by atoms with Crippen molar-refractivity contribution >= 4 is 28.6 Å². The summed E-state index contributed by atoms with van der Waals surface area (Å²) in [5, 5.41) is 3.39. The van der Waals surface area contributed by atoms with Gasteiger partial charge in [0.1, 0.15) is 0 Å². The van der Waals surface area contributed by atoms with Crippen LogP contribution in [0.1, 0.15) is 5.56 Å². The molecule has 1 aliphatic heterocycles. The third-order valence-corrected chi connectivity index (χ3v) is 3.97. The van der Waals surface area contributed by atoms with Gasteiger partial charge in [-0.15, -0.1) is 11.3 Å². The normalized spacial score (nSPS) is 13.7. The SMILES string of the molecule is Clc1ccc(-c2cccc3c2CCN3)s1. The fraction of sp³-hybridized carbons (Fsp3) is 0.167. The molecule has 0 atom stereocenters. The number of thiophene rings is 1. The van der Waals surface area contributed by atoms with Crippen molar-refractivity contribution < 1.29 is 0 Å². The molecule has 3 heteroatoms. The number of fused-ring (bicyclic) bond motifs is 1. The largest absolute Gasteiger partial charge is 0.384 e. The van der Waals surface area contributed by atoms with Gasteiger partial charge >= 0.3 is 0 Å². The molecule has 0 aliphatic carbocycles. The Labute approximate surface area is 97.7 Å². The minimum Gasteiger partial charge on any atom is -0.384 e. The Balaban J connectivity index is 2.16. The fourth-order valence-corrected chi connectivity index (χ4v) is 3.13. The van der Waals surface area contributed by atoms with E-state index in [2.05, 4.69) is 29.6 Å². The number of anilines is 1. The summed E-state index contributed by atoms with van der Waals surface area (Å²) >= 11 is 7.61. The summed E-state index contributed by atoms with van der Waals surface area (Å²) < 4.78 is 0.855. The average molecular weight is 236 g/mol. The molecule has 2 heterocycles. The van der Waals surface area contributed by atoms with Crippen LogP contribution in [-0.2, 0) is 6.42 Å². The molecule has 15 heavy (non-hydrogen) atoms. The number of hydrogen-bond acceptors (Lipinski definition) is 2.